The van der Waals surface area contributed by atoms with Gasteiger partial charge in [0.2, 0.25) is 0 Å². The fourth-order valence-corrected chi connectivity index (χ4v) is 1.61. The third-order valence-electron chi connectivity index (χ3n) is 2.54. The minimum absolute atomic E-state index is 0.277. The predicted octanol–water partition coefficient (Wildman–Crippen LogP) is 0.981. The fourth-order valence-electron chi connectivity index (χ4n) is 1.61. The molecule has 0 spiro atoms. The van der Waals surface area contributed by atoms with Gasteiger partial charge in [-0.15, -0.1) is 0 Å². The van der Waals surface area contributed by atoms with Crippen molar-refractivity contribution in [1.29, 1.82) is 0 Å². The molecule has 1 aromatic carbocycles. The Morgan fingerprint density at radius 3 is 3.05 bits per heavy atom. The van der Waals surface area contributed by atoms with Crippen molar-refractivity contribution in [2.45, 2.75) is 0 Å². The first-order valence-corrected chi connectivity index (χ1v) is 5.91. The van der Waals surface area contributed by atoms with Crippen molar-refractivity contribution in [2.24, 2.45) is 5.73 Å². The fraction of sp³-hybridized carbons (Fsp3) is 0.143. The Balaban J connectivity index is 2.26. The van der Waals surface area contributed by atoms with Gasteiger partial charge in [-0.1, -0.05) is 11.8 Å². The van der Waals surface area contributed by atoms with Gasteiger partial charge in [-0.3, -0.25) is 9.89 Å². The van der Waals surface area contributed by atoms with Gasteiger partial charge in [0, 0.05) is 11.8 Å². The summed E-state index contributed by atoms with van der Waals surface area (Å²) in [4.78, 5) is 12.0. The van der Waals surface area contributed by atoms with E-state index in [2.05, 4.69) is 27.4 Å². The average molecular weight is 270 g/mol. The van der Waals surface area contributed by atoms with Crippen LogP contribution in [0.5, 0.6) is 5.75 Å². The number of amides is 1. The molecule has 6 heteroatoms. The van der Waals surface area contributed by atoms with E-state index < -0.39 is 0 Å². The number of nitrogens with two attached hydrogens (primary N) is 1. The Bertz CT molecular complexity index is 654. The van der Waals surface area contributed by atoms with Gasteiger partial charge in [-0.05, 0) is 18.2 Å². The summed E-state index contributed by atoms with van der Waals surface area (Å²) in [7, 11) is 1.54. The van der Waals surface area contributed by atoms with Gasteiger partial charge in [0.25, 0.3) is 5.91 Å². The molecule has 0 aliphatic rings. The van der Waals surface area contributed by atoms with Crippen LogP contribution in [0, 0.1) is 11.8 Å². The van der Waals surface area contributed by atoms with Gasteiger partial charge in [-0.25, -0.2) is 0 Å². The summed E-state index contributed by atoms with van der Waals surface area (Å²) in [5.74, 6) is 5.94. The van der Waals surface area contributed by atoms with Crippen molar-refractivity contribution in [2.75, 3.05) is 19.0 Å². The number of benzene rings is 1. The summed E-state index contributed by atoms with van der Waals surface area (Å²) in [6.07, 6.45) is 2.96. The Labute approximate surface area is 116 Å². The number of ether oxygens (including phenoxy) is 1. The van der Waals surface area contributed by atoms with Gasteiger partial charge in [0.05, 0.1) is 31.1 Å². The standard InChI is InChI=1S/C14H14N4O2/c1-20-13-5-4-10(3-2-6-15)7-12(13)18-14(19)11-8-16-17-9-11/h4-5,7-9H,6,15H2,1H3,(H,16,17)(H,18,19). The first-order valence-electron chi connectivity index (χ1n) is 5.91. The molecule has 0 atom stereocenters. The number of carbonyl (C=O) groups is 1. The minimum atomic E-state index is -0.277. The highest BCUT2D eigenvalue weighted by Gasteiger charge is 2.10. The van der Waals surface area contributed by atoms with Gasteiger partial charge < -0.3 is 15.8 Å². The Morgan fingerprint density at radius 2 is 2.40 bits per heavy atom. The highest BCUT2D eigenvalue weighted by Crippen LogP contribution is 2.25. The topological polar surface area (TPSA) is 93.0 Å². The van der Waals surface area contributed by atoms with Crippen molar-refractivity contribution in [1.82, 2.24) is 10.2 Å². The molecule has 6 nitrogen and oxygen atoms in total. The second kappa shape index (κ2) is 6.41. The number of carbonyl (C=O) groups excluding carboxylic acids is 1. The number of aromatic amines is 1. The Hall–Kier alpha value is -2.78. The second-order valence-electron chi connectivity index (χ2n) is 3.86. The van der Waals surface area contributed by atoms with Crippen molar-refractivity contribution in [3.8, 4) is 17.6 Å². The molecular weight excluding hydrogens is 256 g/mol. The Kier molecular flexibility index (Phi) is 4.37. The number of hydrogen-bond donors (Lipinski definition) is 3. The van der Waals surface area contributed by atoms with E-state index in [1.54, 1.807) is 18.2 Å². The molecule has 0 saturated heterocycles. The van der Waals surface area contributed by atoms with E-state index in [4.69, 9.17) is 10.5 Å². The second-order valence-corrected chi connectivity index (χ2v) is 3.86. The molecule has 102 valence electrons. The molecule has 0 aliphatic carbocycles. The molecule has 2 rings (SSSR count). The van der Waals surface area contributed by atoms with Crippen LogP contribution in [0.2, 0.25) is 0 Å². The monoisotopic (exact) mass is 270 g/mol. The highest BCUT2D eigenvalue weighted by atomic mass is 16.5. The zero-order valence-corrected chi connectivity index (χ0v) is 10.9. The van der Waals surface area contributed by atoms with Crippen LogP contribution in [0.4, 0.5) is 5.69 Å². The molecule has 1 amide bonds. The number of aromatic nitrogens is 2. The molecule has 0 fully saturated rings. The van der Waals surface area contributed by atoms with Crippen LogP contribution in [-0.4, -0.2) is 29.8 Å². The molecule has 0 aliphatic heterocycles. The summed E-state index contributed by atoms with van der Waals surface area (Å²) in [5, 5.41) is 9.08. The van der Waals surface area contributed by atoms with Crippen LogP contribution in [-0.2, 0) is 0 Å². The summed E-state index contributed by atoms with van der Waals surface area (Å²) in [5.41, 5.74) is 7.07. The largest absolute Gasteiger partial charge is 0.495 e. The lowest BCUT2D eigenvalue weighted by atomic mass is 10.2. The molecule has 4 N–H and O–H groups in total. The van der Waals surface area contributed by atoms with Crippen LogP contribution in [0.1, 0.15) is 15.9 Å². The van der Waals surface area contributed by atoms with Crippen LogP contribution in [0.3, 0.4) is 0 Å². The van der Waals surface area contributed by atoms with Crippen LogP contribution < -0.4 is 15.8 Å². The molecule has 0 bridgehead atoms. The number of methoxy groups -OCH3 is 1. The van der Waals surface area contributed by atoms with Gasteiger partial charge in [-0.2, -0.15) is 5.10 Å². The third-order valence-corrected chi connectivity index (χ3v) is 2.54. The third kappa shape index (κ3) is 3.16. The normalized spacial score (nSPS) is 9.50. The molecule has 0 radical (unpaired) electrons. The predicted molar refractivity (Wildman–Crippen MR) is 75.5 cm³/mol. The summed E-state index contributed by atoms with van der Waals surface area (Å²) < 4.78 is 5.21. The van der Waals surface area contributed by atoms with Crippen molar-refractivity contribution < 1.29 is 9.53 Å². The van der Waals surface area contributed by atoms with Crippen molar-refractivity contribution >= 4 is 11.6 Å². The van der Waals surface area contributed by atoms with Gasteiger partial charge in [0.15, 0.2) is 0 Å². The van der Waals surface area contributed by atoms with Crippen LogP contribution in [0.25, 0.3) is 0 Å². The van der Waals surface area contributed by atoms with Gasteiger partial charge in [0.1, 0.15) is 5.75 Å². The van der Waals surface area contributed by atoms with E-state index in [-0.39, 0.29) is 12.5 Å². The van der Waals surface area contributed by atoms with E-state index in [0.717, 1.165) is 5.56 Å². The first-order chi connectivity index (χ1) is 9.74. The number of H-pyrrole nitrogens is 1. The number of anilines is 1. The maximum absolute atomic E-state index is 12.0. The Morgan fingerprint density at radius 1 is 1.55 bits per heavy atom. The van der Waals surface area contributed by atoms with Gasteiger partial charge >= 0.3 is 0 Å². The summed E-state index contributed by atoms with van der Waals surface area (Å²) in [6, 6.07) is 5.28. The number of nitrogens with zero attached hydrogens (tertiary/aromatic N) is 1. The molecular formula is C14H14N4O2. The number of rotatable bonds is 3. The lowest BCUT2D eigenvalue weighted by Gasteiger charge is -2.09. The lowest BCUT2D eigenvalue weighted by molar-refractivity contribution is 0.102. The van der Waals surface area contributed by atoms with E-state index in [1.807, 2.05) is 0 Å². The molecule has 1 heterocycles. The van der Waals surface area contributed by atoms with Crippen molar-refractivity contribution in [3.63, 3.8) is 0 Å². The number of nitrogens with one attached hydrogen (secondary N) is 2. The summed E-state index contributed by atoms with van der Waals surface area (Å²) >= 11 is 0. The first kappa shape index (κ1) is 13.6. The summed E-state index contributed by atoms with van der Waals surface area (Å²) in [6.45, 7) is 0.280. The maximum Gasteiger partial charge on any atom is 0.258 e. The van der Waals surface area contributed by atoms with Crippen molar-refractivity contribution in [3.05, 3.63) is 41.7 Å². The minimum Gasteiger partial charge on any atom is -0.495 e. The highest BCUT2D eigenvalue weighted by molar-refractivity contribution is 6.04. The quantitative estimate of drug-likeness (QED) is 0.725. The molecule has 1 aromatic heterocycles. The smallest absolute Gasteiger partial charge is 0.258 e. The molecule has 20 heavy (non-hydrogen) atoms. The van der Waals surface area contributed by atoms with Crippen LogP contribution in [0.15, 0.2) is 30.6 Å². The van der Waals surface area contributed by atoms with E-state index in [1.165, 1.54) is 19.5 Å². The molecule has 2 aromatic rings. The zero-order chi connectivity index (χ0) is 14.4. The number of hydrogen-bond acceptors (Lipinski definition) is 4. The van der Waals surface area contributed by atoms with E-state index in [9.17, 15) is 4.79 Å². The lowest BCUT2D eigenvalue weighted by Crippen LogP contribution is -2.12. The zero-order valence-electron chi connectivity index (χ0n) is 10.9. The SMILES string of the molecule is COc1ccc(C#CCN)cc1NC(=O)c1cn[nH]c1. The van der Waals surface area contributed by atoms with E-state index in [0.29, 0.717) is 17.0 Å². The van der Waals surface area contributed by atoms with E-state index >= 15 is 0 Å². The maximum atomic E-state index is 12.0. The average Bonchev–Trinajstić information content (AvgIpc) is 2.99. The molecule has 0 saturated carbocycles. The van der Waals surface area contributed by atoms with Crippen LogP contribution >= 0.6 is 0 Å². The molecule has 0 unspecified atom stereocenters.